The molecule has 1 aliphatic carbocycles. The first-order valence-electron chi connectivity index (χ1n) is 7.02. The normalized spacial score (nSPS) is 29.1. The lowest BCUT2D eigenvalue weighted by molar-refractivity contribution is 0.280. The molecule has 0 radical (unpaired) electrons. The van der Waals surface area contributed by atoms with E-state index in [0.717, 1.165) is 17.7 Å². The number of benzene rings is 1. The Morgan fingerprint density at radius 1 is 1.32 bits per heavy atom. The van der Waals surface area contributed by atoms with Crippen molar-refractivity contribution in [2.45, 2.75) is 42.8 Å². The summed E-state index contributed by atoms with van der Waals surface area (Å²) in [6.45, 7) is 2.86. The van der Waals surface area contributed by atoms with Gasteiger partial charge in [-0.3, -0.25) is 4.21 Å². The lowest BCUT2D eigenvalue weighted by Gasteiger charge is -2.34. The van der Waals surface area contributed by atoms with Gasteiger partial charge < -0.3 is 5.73 Å². The van der Waals surface area contributed by atoms with Crippen LogP contribution in [-0.4, -0.2) is 16.0 Å². The number of hydrogen-bond donors (Lipinski definition) is 1. The predicted octanol–water partition coefficient (Wildman–Crippen LogP) is 3.60. The monoisotopic (exact) mass is 299 g/mol. The second kappa shape index (κ2) is 6.87. The number of nitrogens with two attached hydrogens (primary N) is 1. The van der Waals surface area contributed by atoms with Crippen molar-refractivity contribution < 1.29 is 4.21 Å². The molecule has 2 nitrogen and oxygen atoms in total. The molecule has 0 heterocycles. The molecule has 4 unspecified atom stereocenters. The summed E-state index contributed by atoms with van der Waals surface area (Å²) in [5, 5.41) is 0.885. The molecule has 0 saturated heterocycles. The Bertz CT molecular complexity index is 434. The van der Waals surface area contributed by atoms with Gasteiger partial charge in [-0.15, -0.1) is 0 Å². The molecule has 1 fully saturated rings. The summed E-state index contributed by atoms with van der Waals surface area (Å²) in [5.74, 6) is 1.09. The zero-order valence-electron chi connectivity index (χ0n) is 11.3. The molecule has 106 valence electrons. The van der Waals surface area contributed by atoms with Crippen LogP contribution in [0.15, 0.2) is 29.2 Å². The van der Waals surface area contributed by atoms with Gasteiger partial charge >= 0.3 is 0 Å². The molecule has 1 saturated carbocycles. The van der Waals surface area contributed by atoms with E-state index in [0.29, 0.717) is 23.4 Å². The molecular weight excluding hydrogens is 278 g/mol. The van der Waals surface area contributed by atoms with Crippen molar-refractivity contribution in [3.63, 3.8) is 0 Å². The molecule has 0 bridgehead atoms. The highest BCUT2D eigenvalue weighted by atomic mass is 35.5. The highest BCUT2D eigenvalue weighted by molar-refractivity contribution is 7.85. The maximum absolute atomic E-state index is 12.8. The van der Waals surface area contributed by atoms with Crippen LogP contribution < -0.4 is 5.73 Å². The van der Waals surface area contributed by atoms with Gasteiger partial charge in [0.05, 0.1) is 10.8 Å². The Morgan fingerprint density at radius 2 is 2.00 bits per heavy atom. The van der Waals surface area contributed by atoms with Gasteiger partial charge in [0.25, 0.3) is 0 Å². The van der Waals surface area contributed by atoms with E-state index < -0.39 is 10.8 Å². The van der Waals surface area contributed by atoms with Crippen molar-refractivity contribution in [1.29, 1.82) is 0 Å². The quantitative estimate of drug-likeness (QED) is 0.923. The van der Waals surface area contributed by atoms with E-state index in [1.807, 2.05) is 24.3 Å². The topological polar surface area (TPSA) is 43.1 Å². The summed E-state index contributed by atoms with van der Waals surface area (Å²) < 4.78 is 12.8. The second-order valence-electron chi connectivity index (χ2n) is 5.37. The Balaban J connectivity index is 2.16. The van der Waals surface area contributed by atoms with Crippen molar-refractivity contribution in [1.82, 2.24) is 0 Å². The first kappa shape index (κ1) is 15.0. The summed E-state index contributed by atoms with van der Waals surface area (Å²) in [4.78, 5) is 0.879. The van der Waals surface area contributed by atoms with Gasteiger partial charge in [0.2, 0.25) is 0 Å². The molecule has 1 aromatic rings. The van der Waals surface area contributed by atoms with Crippen molar-refractivity contribution in [3.8, 4) is 0 Å². The molecule has 2 rings (SSSR count). The molecule has 0 aliphatic heterocycles. The highest BCUT2D eigenvalue weighted by Crippen LogP contribution is 2.35. The molecule has 4 atom stereocenters. The number of hydrogen-bond acceptors (Lipinski definition) is 2. The molecule has 0 amide bonds. The minimum atomic E-state index is -0.969. The van der Waals surface area contributed by atoms with Crippen LogP contribution in [0.3, 0.4) is 0 Å². The van der Waals surface area contributed by atoms with Gasteiger partial charge in [0, 0.05) is 15.2 Å². The fourth-order valence-corrected chi connectivity index (χ4v) is 4.84. The van der Waals surface area contributed by atoms with Crippen molar-refractivity contribution in [2.75, 3.05) is 6.54 Å². The Hall–Kier alpha value is -0.380. The van der Waals surface area contributed by atoms with Crippen LogP contribution in [0.1, 0.15) is 32.6 Å². The van der Waals surface area contributed by atoms with Crippen LogP contribution in [0.4, 0.5) is 0 Å². The van der Waals surface area contributed by atoms with Gasteiger partial charge in [-0.1, -0.05) is 31.4 Å². The summed E-state index contributed by atoms with van der Waals surface area (Å²) >= 11 is 5.88. The average Bonchev–Trinajstić information content (AvgIpc) is 2.46. The van der Waals surface area contributed by atoms with Crippen molar-refractivity contribution in [3.05, 3.63) is 29.3 Å². The van der Waals surface area contributed by atoms with E-state index in [4.69, 9.17) is 17.3 Å². The Kier molecular flexibility index (Phi) is 5.43. The average molecular weight is 300 g/mol. The fraction of sp³-hybridized carbons (Fsp3) is 0.600. The highest BCUT2D eigenvalue weighted by Gasteiger charge is 2.33. The molecule has 0 aromatic heterocycles. The molecule has 19 heavy (non-hydrogen) atoms. The molecule has 1 aromatic carbocycles. The van der Waals surface area contributed by atoms with E-state index in [1.165, 1.54) is 12.8 Å². The van der Waals surface area contributed by atoms with E-state index in [1.54, 1.807) is 0 Å². The summed E-state index contributed by atoms with van der Waals surface area (Å²) in [5.41, 5.74) is 5.86. The van der Waals surface area contributed by atoms with Crippen LogP contribution in [0.25, 0.3) is 0 Å². The van der Waals surface area contributed by atoms with Crippen LogP contribution in [0.2, 0.25) is 5.02 Å². The third kappa shape index (κ3) is 3.59. The van der Waals surface area contributed by atoms with E-state index in [-0.39, 0.29) is 5.25 Å². The predicted molar refractivity (Wildman–Crippen MR) is 81.8 cm³/mol. The Labute approximate surface area is 123 Å². The van der Waals surface area contributed by atoms with Gasteiger partial charge in [0.15, 0.2) is 0 Å². The van der Waals surface area contributed by atoms with Gasteiger partial charge in [-0.05, 0) is 55.5 Å². The number of halogens is 1. The smallest absolute Gasteiger partial charge is 0.0564 e. The lowest BCUT2D eigenvalue weighted by atomic mass is 9.80. The van der Waals surface area contributed by atoms with Crippen LogP contribution in [0, 0.1) is 11.8 Å². The first-order valence-corrected chi connectivity index (χ1v) is 8.61. The third-order valence-electron chi connectivity index (χ3n) is 4.24. The van der Waals surface area contributed by atoms with Crippen molar-refractivity contribution in [2.24, 2.45) is 17.6 Å². The minimum absolute atomic E-state index is 0.199. The largest absolute Gasteiger partial charge is 0.330 e. The van der Waals surface area contributed by atoms with Crippen LogP contribution in [-0.2, 0) is 10.8 Å². The maximum atomic E-state index is 12.8. The standard InChI is InChI=1S/C15H22ClNOS/c1-2-11-3-4-12(10-17)15(9-11)19(18)14-7-5-13(16)6-8-14/h5-8,11-12,15H,2-4,9-10,17H2,1H3. The number of rotatable bonds is 4. The SMILES string of the molecule is CCC1CCC(CN)C(S(=O)c2ccc(Cl)cc2)C1. The molecule has 4 heteroatoms. The third-order valence-corrected chi connectivity index (χ3v) is 6.35. The van der Waals surface area contributed by atoms with Gasteiger partial charge in [-0.2, -0.15) is 0 Å². The Morgan fingerprint density at radius 3 is 2.58 bits per heavy atom. The molecular formula is C15H22ClNOS. The van der Waals surface area contributed by atoms with Gasteiger partial charge in [-0.25, -0.2) is 0 Å². The fourth-order valence-electron chi connectivity index (χ4n) is 2.92. The lowest BCUT2D eigenvalue weighted by Crippen LogP contribution is -2.37. The summed E-state index contributed by atoms with van der Waals surface area (Å²) in [6, 6.07) is 7.38. The zero-order chi connectivity index (χ0) is 13.8. The van der Waals surface area contributed by atoms with Crippen LogP contribution >= 0.6 is 11.6 Å². The zero-order valence-corrected chi connectivity index (χ0v) is 12.9. The van der Waals surface area contributed by atoms with Crippen LogP contribution in [0.5, 0.6) is 0 Å². The van der Waals surface area contributed by atoms with E-state index in [9.17, 15) is 4.21 Å². The second-order valence-corrected chi connectivity index (χ2v) is 7.48. The van der Waals surface area contributed by atoms with Crippen molar-refractivity contribution >= 4 is 22.4 Å². The maximum Gasteiger partial charge on any atom is 0.0564 e. The molecule has 1 aliphatic rings. The molecule has 2 N–H and O–H groups in total. The van der Waals surface area contributed by atoms with E-state index >= 15 is 0 Å². The summed E-state index contributed by atoms with van der Waals surface area (Å²) in [7, 11) is -0.969. The summed E-state index contributed by atoms with van der Waals surface area (Å²) in [6.07, 6.45) is 4.55. The first-order chi connectivity index (χ1) is 9.15. The van der Waals surface area contributed by atoms with E-state index in [2.05, 4.69) is 6.92 Å². The molecule has 0 spiro atoms. The minimum Gasteiger partial charge on any atom is -0.330 e. The van der Waals surface area contributed by atoms with Gasteiger partial charge in [0.1, 0.15) is 0 Å².